The second-order valence-corrected chi connectivity index (χ2v) is 4.16. The van der Waals surface area contributed by atoms with E-state index < -0.39 is 6.10 Å². The van der Waals surface area contributed by atoms with Crippen molar-refractivity contribution in [3.8, 4) is 0 Å². The Labute approximate surface area is 85.3 Å². The fourth-order valence-electron chi connectivity index (χ4n) is 1.59. The SMILES string of the molecule is CC(C)NCC(O)CN1CCCC1=O. The number of carbonyl (C=O) groups excluding carboxylic acids is 1. The number of rotatable bonds is 5. The number of hydrogen-bond acceptors (Lipinski definition) is 3. The number of aliphatic hydroxyl groups excluding tert-OH is 1. The van der Waals surface area contributed by atoms with Gasteiger partial charge in [-0.15, -0.1) is 0 Å². The van der Waals surface area contributed by atoms with E-state index in [1.807, 2.05) is 13.8 Å². The molecule has 1 aliphatic rings. The molecule has 1 fully saturated rings. The molecule has 1 unspecified atom stereocenters. The molecule has 4 nitrogen and oxygen atoms in total. The third kappa shape index (κ3) is 3.64. The molecule has 0 saturated carbocycles. The fourth-order valence-corrected chi connectivity index (χ4v) is 1.59. The number of carbonyl (C=O) groups is 1. The zero-order chi connectivity index (χ0) is 10.6. The molecule has 4 heteroatoms. The van der Waals surface area contributed by atoms with E-state index in [9.17, 15) is 9.90 Å². The van der Waals surface area contributed by atoms with Crippen LogP contribution in [0.4, 0.5) is 0 Å². The highest BCUT2D eigenvalue weighted by atomic mass is 16.3. The number of hydrogen-bond donors (Lipinski definition) is 2. The van der Waals surface area contributed by atoms with Gasteiger partial charge in [0.25, 0.3) is 0 Å². The van der Waals surface area contributed by atoms with Crippen molar-refractivity contribution >= 4 is 5.91 Å². The van der Waals surface area contributed by atoms with Gasteiger partial charge in [-0.3, -0.25) is 4.79 Å². The zero-order valence-electron chi connectivity index (χ0n) is 8.99. The predicted octanol–water partition coefficient (Wildman–Crippen LogP) is -0.0323. The van der Waals surface area contributed by atoms with Crippen LogP contribution in [-0.4, -0.2) is 47.7 Å². The van der Waals surface area contributed by atoms with E-state index in [0.717, 1.165) is 13.0 Å². The summed E-state index contributed by atoms with van der Waals surface area (Å²) < 4.78 is 0. The molecule has 0 aromatic rings. The van der Waals surface area contributed by atoms with Gasteiger partial charge in [0.1, 0.15) is 0 Å². The average Bonchev–Trinajstić information content (AvgIpc) is 2.49. The summed E-state index contributed by atoms with van der Waals surface area (Å²) in [6, 6.07) is 0.374. The number of likely N-dealkylation sites (tertiary alicyclic amines) is 1. The molecular formula is C10H20N2O2. The van der Waals surface area contributed by atoms with Crippen LogP contribution in [0, 0.1) is 0 Å². The molecule has 82 valence electrons. The third-order valence-electron chi connectivity index (χ3n) is 2.36. The van der Waals surface area contributed by atoms with Gasteiger partial charge >= 0.3 is 0 Å². The number of aliphatic hydroxyl groups is 1. The molecule has 0 spiro atoms. The molecule has 0 aromatic heterocycles. The molecular weight excluding hydrogens is 180 g/mol. The van der Waals surface area contributed by atoms with Gasteiger partial charge < -0.3 is 15.3 Å². The van der Waals surface area contributed by atoms with Gasteiger partial charge in [-0.2, -0.15) is 0 Å². The molecule has 0 aromatic carbocycles. The Hall–Kier alpha value is -0.610. The summed E-state index contributed by atoms with van der Waals surface area (Å²) in [6.45, 7) is 5.90. The summed E-state index contributed by atoms with van der Waals surface area (Å²) >= 11 is 0. The first-order valence-electron chi connectivity index (χ1n) is 5.29. The summed E-state index contributed by atoms with van der Waals surface area (Å²) in [7, 11) is 0. The van der Waals surface area contributed by atoms with Crippen molar-refractivity contribution < 1.29 is 9.90 Å². The Balaban J connectivity index is 2.19. The minimum absolute atomic E-state index is 0.175. The van der Waals surface area contributed by atoms with Gasteiger partial charge in [0.2, 0.25) is 5.91 Å². The minimum Gasteiger partial charge on any atom is -0.390 e. The van der Waals surface area contributed by atoms with E-state index in [0.29, 0.717) is 25.6 Å². The molecule has 1 heterocycles. The molecule has 0 radical (unpaired) electrons. The van der Waals surface area contributed by atoms with Crippen molar-refractivity contribution in [3.63, 3.8) is 0 Å². The Morgan fingerprint density at radius 3 is 2.79 bits per heavy atom. The van der Waals surface area contributed by atoms with Crippen molar-refractivity contribution in [3.05, 3.63) is 0 Å². The molecule has 1 aliphatic heterocycles. The average molecular weight is 200 g/mol. The smallest absolute Gasteiger partial charge is 0.222 e. The zero-order valence-corrected chi connectivity index (χ0v) is 8.99. The standard InChI is InChI=1S/C10H20N2O2/c1-8(2)11-6-9(13)7-12-5-3-4-10(12)14/h8-9,11,13H,3-7H2,1-2H3. The maximum Gasteiger partial charge on any atom is 0.222 e. The Kier molecular flexibility index (Phi) is 4.35. The van der Waals surface area contributed by atoms with Gasteiger partial charge in [-0.1, -0.05) is 13.8 Å². The highest BCUT2D eigenvalue weighted by Gasteiger charge is 2.22. The van der Waals surface area contributed by atoms with Crippen LogP contribution < -0.4 is 5.32 Å². The monoisotopic (exact) mass is 200 g/mol. The second kappa shape index (κ2) is 5.32. The van der Waals surface area contributed by atoms with Crippen molar-refractivity contribution in [1.29, 1.82) is 0 Å². The normalized spacial score (nSPS) is 19.4. The molecule has 1 rings (SSSR count). The van der Waals surface area contributed by atoms with E-state index in [1.54, 1.807) is 4.90 Å². The van der Waals surface area contributed by atoms with Crippen LogP contribution >= 0.6 is 0 Å². The topological polar surface area (TPSA) is 52.6 Å². The molecule has 1 saturated heterocycles. The summed E-state index contributed by atoms with van der Waals surface area (Å²) in [4.78, 5) is 13.0. The van der Waals surface area contributed by atoms with Gasteiger partial charge in [0.05, 0.1) is 6.10 Å². The van der Waals surface area contributed by atoms with E-state index in [2.05, 4.69) is 5.32 Å². The largest absolute Gasteiger partial charge is 0.390 e. The first-order chi connectivity index (χ1) is 6.59. The third-order valence-corrected chi connectivity index (χ3v) is 2.36. The predicted molar refractivity (Wildman–Crippen MR) is 55.0 cm³/mol. The summed E-state index contributed by atoms with van der Waals surface area (Å²) in [5.74, 6) is 0.175. The highest BCUT2D eigenvalue weighted by molar-refractivity contribution is 5.78. The number of β-amino-alcohol motifs (C(OH)–C–C–N with tert-alkyl or cyclic N) is 1. The molecule has 1 atom stereocenters. The first-order valence-corrected chi connectivity index (χ1v) is 5.29. The highest BCUT2D eigenvalue weighted by Crippen LogP contribution is 2.09. The lowest BCUT2D eigenvalue weighted by atomic mass is 10.3. The van der Waals surface area contributed by atoms with Crippen molar-refractivity contribution in [2.75, 3.05) is 19.6 Å². The summed E-state index contributed by atoms with van der Waals surface area (Å²) in [6.07, 6.45) is 1.13. The van der Waals surface area contributed by atoms with Crippen LogP contribution in [0.25, 0.3) is 0 Å². The lowest BCUT2D eigenvalue weighted by Crippen LogP contribution is -2.40. The van der Waals surface area contributed by atoms with Crippen LogP contribution in [-0.2, 0) is 4.79 Å². The molecule has 1 amide bonds. The number of nitrogens with one attached hydrogen (secondary N) is 1. The van der Waals surface area contributed by atoms with Crippen LogP contribution in [0.1, 0.15) is 26.7 Å². The summed E-state index contributed by atoms with van der Waals surface area (Å²) in [5, 5.41) is 12.8. The van der Waals surface area contributed by atoms with E-state index >= 15 is 0 Å². The maximum atomic E-state index is 11.2. The maximum absolute atomic E-state index is 11.2. The lowest BCUT2D eigenvalue weighted by Gasteiger charge is -2.20. The fraction of sp³-hybridized carbons (Fsp3) is 0.900. The van der Waals surface area contributed by atoms with Crippen LogP contribution in [0.5, 0.6) is 0 Å². The van der Waals surface area contributed by atoms with Crippen LogP contribution in [0.15, 0.2) is 0 Å². The van der Waals surface area contributed by atoms with E-state index in [1.165, 1.54) is 0 Å². The van der Waals surface area contributed by atoms with Crippen molar-refractivity contribution in [2.45, 2.75) is 38.8 Å². The first kappa shape index (κ1) is 11.5. The lowest BCUT2D eigenvalue weighted by molar-refractivity contribution is -0.128. The molecule has 2 N–H and O–H groups in total. The van der Waals surface area contributed by atoms with E-state index in [-0.39, 0.29) is 5.91 Å². The van der Waals surface area contributed by atoms with Crippen LogP contribution in [0.2, 0.25) is 0 Å². The number of nitrogens with zero attached hydrogens (tertiary/aromatic N) is 1. The Morgan fingerprint density at radius 1 is 1.57 bits per heavy atom. The van der Waals surface area contributed by atoms with Gasteiger partial charge in [-0.25, -0.2) is 0 Å². The van der Waals surface area contributed by atoms with Gasteiger partial charge in [0, 0.05) is 32.1 Å². The van der Waals surface area contributed by atoms with E-state index in [4.69, 9.17) is 0 Å². The Bertz CT molecular complexity index is 195. The van der Waals surface area contributed by atoms with Gasteiger partial charge in [0.15, 0.2) is 0 Å². The second-order valence-electron chi connectivity index (χ2n) is 4.16. The minimum atomic E-state index is -0.445. The van der Waals surface area contributed by atoms with Crippen molar-refractivity contribution in [1.82, 2.24) is 10.2 Å². The van der Waals surface area contributed by atoms with Gasteiger partial charge in [-0.05, 0) is 6.42 Å². The number of amides is 1. The summed E-state index contributed by atoms with van der Waals surface area (Å²) in [5.41, 5.74) is 0. The van der Waals surface area contributed by atoms with Crippen LogP contribution in [0.3, 0.4) is 0 Å². The molecule has 0 bridgehead atoms. The van der Waals surface area contributed by atoms with Crippen molar-refractivity contribution in [2.24, 2.45) is 0 Å². The quantitative estimate of drug-likeness (QED) is 0.655. The molecule has 14 heavy (non-hydrogen) atoms. The molecule has 0 aliphatic carbocycles. The Morgan fingerprint density at radius 2 is 2.29 bits per heavy atom.